The molecule has 2 aromatic carbocycles. The number of hydrogen-bond donors (Lipinski definition) is 3. The first-order chi connectivity index (χ1) is 26.6. The van der Waals surface area contributed by atoms with Gasteiger partial charge in [-0.15, -0.1) is 15.4 Å². The Morgan fingerprint density at radius 1 is 0.929 bits per heavy atom. The average molecular weight is 790 g/mol. The van der Waals surface area contributed by atoms with E-state index in [1.54, 1.807) is 12.1 Å². The van der Waals surface area contributed by atoms with Gasteiger partial charge in [-0.05, 0) is 114 Å². The van der Waals surface area contributed by atoms with E-state index in [-0.39, 0.29) is 17.9 Å². The lowest BCUT2D eigenvalue weighted by Gasteiger charge is -2.38. The van der Waals surface area contributed by atoms with Crippen molar-refractivity contribution in [3.63, 3.8) is 0 Å². The van der Waals surface area contributed by atoms with E-state index in [2.05, 4.69) is 136 Å². The first-order valence-corrected chi connectivity index (χ1v) is 21.0. The number of unbranched alkanes of at least 4 members (excludes halogenated alkanes) is 2. The minimum atomic E-state index is -0.205. The van der Waals surface area contributed by atoms with Gasteiger partial charge in [-0.1, -0.05) is 139 Å². The Labute approximate surface area is 346 Å². The van der Waals surface area contributed by atoms with E-state index in [1.807, 2.05) is 45.1 Å². The van der Waals surface area contributed by atoms with Gasteiger partial charge in [0.25, 0.3) is 0 Å². The van der Waals surface area contributed by atoms with Crippen molar-refractivity contribution in [1.29, 1.82) is 0 Å². The van der Waals surface area contributed by atoms with Gasteiger partial charge in [0, 0.05) is 35.8 Å². The molecule has 2 rings (SSSR count). The molecule has 314 valence electrons. The van der Waals surface area contributed by atoms with Gasteiger partial charge in [-0.25, -0.2) is 4.39 Å². The summed E-state index contributed by atoms with van der Waals surface area (Å²) in [6.07, 6.45) is 15.4. The minimum absolute atomic E-state index is 0.107. The molecule has 2 unspecified atom stereocenters. The van der Waals surface area contributed by atoms with Gasteiger partial charge >= 0.3 is 0 Å². The van der Waals surface area contributed by atoms with E-state index in [4.69, 9.17) is 5.73 Å². The Kier molecular flexibility index (Phi) is 31.9. The van der Waals surface area contributed by atoms with Crippen molar-refractivity contribution in [3.8, 4) is 0 Å². The number of nitrogens with two attached hydrogens (primary N) is 3. The Morgan fingerprint density at radius 2 is 1.54 bits per heavy atom. The molecule has 7 heteroatoms. The average Bonchev–Trinajstić information content (AvgIpc) is 3.18. The van der Waals surface area contributed by atoms with Crippen LogP contribution < -0.4 is 17.4 Å². The molecule has 0 saturated heterocycles. The Morgan fingerprint density at radius 3 is 2.04 bits per heavy atom. The summed E-state index contributed by atoms with van der Waals surface area (Å²) in [5, 5.41) is 0. The summed E-state index contributed by atoms with van der Waals surface area (Å²) < 4.78 is 14.7. The SMILES string of the molecule is C=CCCC(=P)N(C)CCCCCC(=C)C(=C)C(N)CCN(C(=C)C)C(/C(C)=C/C(=C\C)c1cc(C)ccc1F)C(C)C.CCC.CCc1ccccc1.NN. The van der Waals surface area contributed by atoms with Crippen LogP contribution in [0.1, 0.15) is 123 Å². The first kappa shape index (κ1) is 54.7. The highest BCUT2D eigenvalue weighted by Gasteiger charge is 2.25. The molecule has 0 aliphatic rings. The molecule has 0 saturated carbocycles. The molecule has 0 amide bonds. The predicted octanol–water partition coefficient (Wildman–Crippen LogP) is 12.4. The van der Waals surface area contributed by atoms with Crippen LogP contribution >= 0.6 is 8.86 Å². The summed E-state index contributed by atoms with van der Waals surface area (Å²) in [6.45, 7) is 37.5. The van der Waals surface area contributed by atoms with Crippen LogP contribution in [0, 0.1) is 18.7 Å². The number of hydrogen-bond acceptors (Lipinski definition) is 4. The third-order valence-electron chi connectivity index (χ3n) is 9.40. The van der Waals surface area contributed by atoms with Crippen LogP contribution in [-0.4, -0.2) is 47.4 Å². The van der Waals surface area contributed by atoms with Crippen LogP contribution in [0.2, 0.25) is 0 Å². The molecule has 6 N–H and O–H groups in total. The molecule has 5 nitrogen and oxygen atoms in total. The van der Waals surface area contributed by atoms with Crippen molar-refractivity contribution in [1.82, 2.24) is 9.80 Å². The Balaban J connectivity index is 0. The number of aryl methyl sites for hydroxylation is 2. The topological polar surface area (TPSA) is 84.5 Å². The van der Waals surface area contributed by atoms with E-state index >= 15 is 0 Å². The molecule has 0 fully saturated rings. The summed E-state index contributed by atoms with van der Waals surface area (Å²) >= 11 is 0. The highest BCUT2D eigenvalue weighted by Crippen LogP contribution is 2.29. The van der Waals surface area contributed by atoms with Crippen molar-refractivity contribution >= 4 is 19.9 Å². The van der Waals surface area contributed by atoms with Gasteiger partial charge in [-0.3, -0.25) is 16.6 Å². The second-order valence-corrected chi connectivity index (χ2v) is 15.4. The van der Waals surface area contributed by atoms with Crippen LogP contribution in [0.4, 0.5) is 4.39 Å². The fourth-order valence-corrected chi connectivity index (χ4v) is 6.48. The maximum absolute atomic E-state index is 14.7. The van der Waals surface area contributed by atoms with E-state index < -0.39 is 0 Å². The van der Waals surface area contributed by atoms with Crippen molar-refractivity contribution < 1.29 is 4.39 Å². The number of hydrazine groups is 1. The van der Waals surface area contributed by atoms with E-state index in [9.17, 15) is 4.39 Å². The predicted molar refractivity (Wildman–Crippen MR) is 254 cm³/mol. The molecule has 0 aliphatic carbocycles. The summed E-state index contributed by atoms with van der Waals surface area (Å²) in [7, 11) is 5.87. The third kappa shape index (κ3) is 22.4. The van der Waals surface area contributed by atoms with Crippen LogP contribution in [-0.2, 0) is 6.42 Å². The Hall–Kier alpha value is -3.38. The lowest BCUT2D eigenvalue weighted by atomic mass is 9.90. The standard InChI is InChI=1S/C38H59FN3P.C8H10.C3H8.H4N2/c1-12-14-19-37(43)41(11)23-17-15-16-18-30(8)32(10)36(40)22-24-42(28(5)6)38(27(3)4)31(9)26-33(13-2)34-25-29(7)20-21-35(34)39;1-2-8-6-4-3-5-7-8;1-3-2;1-2/h12-13,20-21,25-27,36,38,43H,1,5,8,10,14-19,22-24,40H2,2-4,6-7,9,11H3;3-7H,2H2,1H3;3H2,1-2H3;1-2H2/b31-26+,33-13+;;;. The molecule has 0 spiro atoms. The van der Waals surface area contributed by atoms with E-state index in [0.29, 0.717) is 11.5 Å². The van der Waals surface area contributed by atoms with Crippen molar-refractivity contribution in [2.75, 3.05) is 20.1 Å². The first-order valence-electron chi connectivity index (χ1n) is 20.5. The summed E-state index contributed by atoms with van der Waals surface area (Å²) in [4.78, 5) is 4.62. The molecule has 2 aromatic rings. The van der Waals surface area contributed by atoms with Crippen molar-refractivity contribution in [2.24, 2.45) is 23.3 Å². The van der Waals surface area contributed by atoms with Gasteiger partial charge in [0.05, 0.1) is 6.04 Å². The van der Waals surface area contributed by atoms with Gasteiger partial charge < -0.3 is 10.6 Å². The summed E-state index contributed by atoms with van der Waals surface area (Å²) in [6, 6.07) is 15.7. The van der Waals surface area contributed by atoms with Gasteiger partial charge in [-0.2, -0.15) is 0 Å². The van der Waals surface area contributed by atoms with E-state index in [0.717, 1.165) is 92.4 Å². The zero-order chi connectivity index (χ0) is 43.2. The second-order valence-electron chi connectivity index (χ2n) is 14.8. The number of halogens is 1. The third-order valence-corrected chi connectivity index (χ3v) is 10.0. The zero-order valence-corrected chi connectivity index (χ0v) is 38.2. The second kappa shape index (κ2) is 32.7. The lowest BCUT2D eigenvalue weighted by Crippen LogP contribution is -2.41. The molecular formula is C49H81FN5P. The number of nitrogens with zero attached hydrogens (tertiary/aromatic N) is 2. The Bertz CT molecular complexity index is 1490. The largest absolute Gasteiger partial charge is 0.369 e. The van der Waals surface area contributed by atoms with Gasteiger partial charge in [0.1, 0.15) is 5.82 Å². The maximum atomic E-state index is 14.7. The highest BCUT2D eigenvalue weighted by molar-refractivity contribution is 7.20. The number of allylic oxidation sites excluding steroid dienone is 5. The van der Waals surface area contributed by atoms with Crippen LogP contribution in [0.3, 0.4) is 0 Å². The maximum Gasteiger partial charge on any atom is 0.131 e. The van der Waals surface area contributed by atoms with Crippen LogP contribution in [0.15, 0.2) is 115 Å². The van der Waals surface area contributed by atoms with Crippen molar-refractivity contribution in [2.45, 2.75) is 132 Å². The van der Waals surface area contributed by atoms with Crippen LogP contribution in [0.25, 0.3) is 5.57 Å². The van der Waals surface area contributed by atoms with E-state index in [1.165, 1.54) is 23.0 Å². The molecule has 56 heavy (non-hydrogen) atoms. The minimum Gasteiger partial charge on any atom is -0.369 e. The molecule has 0 heterocycles. The zero-order valence-electron chi connectivity index (χ0n) is 37.2. The normalized spacial score (nSPS) is 12.2. The molecule has 0 aliphatic heterocycles. The van der Waals surface area contributed by atoms with Gasteiger partial charge in [0.2, 0.25) is 0 Å². The fraction of sp³-hybridized carbons (Fsp3) is 0.490. The number of rotatable bonds is 22. The quantitative estimate of drug-likeness (QED) is 0.0276. The monoisotopic (exact) mass is 790 g/mol. The van der Waals surface area contributed by atoms with Gasteiger partial charge in [0.15, 0.2) is 0 Å². The molecule has 0 radical (unpaired) electrons. The highest BCUT2D eigenvalue weighted by atomic mass is 31.0. The van der Waals surface area contributed by atoms with Crippen LogP contribution in [0.5, 0.6) is 0 Å². The molecule has 2 atom stereocenters. The van der Waals surface area contributed by atoms with Crippen molar-refractivity contribution in [3.05, 3.63) is 138 Å². The fourth-order valence-electron chi connectivity index (χ4n) is 6.22. The lowest BCUT2D eigenvalue weighted by molar-refractivity contribution is 0.227. The summed E-state index contributed by atoms with van der Waals surface area (Å²) in [5.74, 6) is 8.12. The smallest absolute Gasteiger partial charge is 0.131 e. The number of benzene rings is 2. The summed E-state index contributed by atoms with van der Waals surface area (Å²) in [5.41, 5.74) is 16.0. The molecule has 0 bridgehead atoms. The molecule has 0 aromatic heterocycles. The molecular weight excluding hydrogens is 709 g/mol.